The zero-order valence-electron chi connectivity index (χ0n) is 15.9. The lowest BCUT2D eigenvalue weighted by atomic mass is 10.1. The number of hydrogen-bond acceptors (Lipinski definition) is 5. The number of benzene rings is 2. The van der Waals surface area contributed by atoms with Crippen molar-refractivity contribution in [2.24, 2.45) is 0 Å². The van der Waals surface area contributed by atoms with Crippen molar-refractivity contribution in [1.29, 1.82) is 0 Å². The van der Waals surface area contributed by atoms with E-state index in [1.54, 1.807) is 4.68 Å². The second kappa shape index (κ2) is 8.35. The number of carbonyl (C=O) groups is 1. The molecule has 0 spiro atoms. The summed E-state index contributed by atoms with van der Waals surface area (Å²) in [5.41, 5.74) is 5.46. The molecule has 2 aromatic carbocycles. The van der Waals surface area contributed by atoms with Crippen LogP contribution in [-0.4, -0.2) is 31.4 Å². The zero-order chi connectivity index (χ0) is 19.4. The van der Waals surface area contributed by atoms with Crippen LogP contribution in [0.3, 0.4) is 0 Å². The third-order valence-corrected chi connectivity index (χ3v) is 5.29. The van der Waals surface area contributed by atoms with E-state index in [0.717, 1.165) is 16.8 Å². The van der Waals surface area contributed by atoms with Gasteiger partial charge in [0, 0.05) is 6.54 Å². The summed E-state index contributed by atoms with van der Waals surface area (Å²) in [4.78, 5) is 12.5. The van der Waals surface area contributed by atoms with Crippen LogP contribution in [0, 0.1) is 20.8 Å². The van der Waals surface area contributed by atoms with Crippen molar-refractivity contribution in [2.45, 2.75) is 44.6 Å². The summed E-state index contributed by atoms with van der Waals surface area (Å²) in [7, 11) is 0. The lowest BCUT2D eigenvalue weighted by molar-refractivity contribution is -0.120. The molecule has 1 atom stereocenters. The van der Waals surface area contributed by atoms with Crippen molar-refractivity contribution in [3.8, 4) is 5.69 Å². The van der Waals surface area contributed by atoms with Crippen LogP contribution in [0.4, 0.5) is 0 Å². The van der Waals surface area contributed by atoms with Crippen LogP contribution in [-0.2, 0) is 11.3 Å². The Kier molecular flexibility index (Phi) is 5.91. The minimum Gasteiger partial charge on any atom is -0.351 e. The molecule has 0 aliphatic rings. The van der Waals surface area contributed by atoms with Crippen LogP contribution in [0.25, 0.3) is 5.69 Å². The first-order valence-electron chi connectivity index (χ1n) is 8.80. The summed E-state index contributed by atoms with van der Waals surface area (Å²) in [6.45, 7) is 8.48. The minimum atomic E-state index is -0.314. The normalized spacial score (nSPS) is 12.0. The summed E-state index contributed by atoms with van der Waals surface area (Å²) < 4.78 is 1.68. The van der Waals surface area contributed by atoms with Gasteiger partial charge in [-0.3, -0.25) is 4.79 Å². The average molecular weight is 382 g/mol. The van der Waals surface area contributed by atoms with Crippen molar-refractivity contribution in [3.63, 3.8) is 0 Å². The van der Waals surface area contributed by atoms with Gasteiger partial charge in [0.05, 0.1) is 10.9 Å². The smallest absolute Gasteiger partial charge is 0.233 e. The Labute approximate surface area is 163 Å². The first kappa shape index (κ1) is 19.1. The zero-order valence-corrected chi connectivity index (χ0v) is 16.7. The molecule has 0 saturated carbocycles. The molecule has 0 radical (unpaired) electrons. The van der Waals surface area contributed by atoms with Crippen LogP contribution in [0.2, 0.25) is 0 Å². The first-order chi connectivity index (χ1) is 12.9. The number of thioether (sulfide) groups is 1. The summed E-state index contributed by atoms with van der Waals surface area (Å²) >= 11 is 1.35. The number of tetrazole rings is 1. The molecule has 1 heterocycles. The molecular formula is C20H23N5OS. The maximum absolute atomic E-state index is 12.5. The fourth-order valence-electron chi connectivity index (χ4n) is 2.70. The molecule has 0 saturated heterocycles. The molecule has 27 heavy (non-hydrogen) atoms. The van der Waals surface area contributed by atoms with Gasteiger partial charge in [0.1, 0.15) is 0 Å². The van der Waals surface area contributed by atoms with Gasteiger partial charge in [-0.2, -0.15) is 4.68 Å². The molecule has 1 amide bonds. The molecule has 0 bridgehead atoms. The summed E-state index contributed by atoms with van der Waals surface area (Å²) in [6, 6.07) is 14.2. The van der Waals surface area contributed by atoms with Gasteiger partial charge in [-0.15, -0.1) is 5.10 Å². The Balaban J connectivity index is 1.66. The van der Waals surface area contributed by atoms with Gasteiger partial charge < -0.3 is 5.32 Å². The Hall–Kier alpha value is -2.67. The highest BCUT2D eigenvalue weighted by atomic mass is 32.2. The summed E-state index contributed by atoms with van der Waals surface area (Å²) in [5, 5.41) is 15.2. The van der Waals surface area contributed by atoms with E-state index >= 15 is 0 Å². The first-order valence-corrected chi connectivity index (χ1v) is 9.68. The SMILES string of the molecule is Cc1ccc(CNC(=O)C(C)Sc2nnnn2-c2ccc(C)cc2C)cc1. The Bertz CT molecular complexity index is 936. The molecular weight excluding hydrogens is 358 g/mol. The summed E-state index contributed by atoms with van der Waals surface area (Å²) in [5.74, 6) is -0.0456. The Morgan fingerprint density at radius 1 is 1.11 bits per heavy atom. The molecule has 0 aliphatic heterocycles. The predicted octanol–water partition coefficient (Wildman–Crippen LogP) is 3.38. The molecule has 1 unspecified atom stereocenters. The number of nitrogens with one attached hydrogen (secondary N) is 1. The van der Waals surface area contributed by atoms with Gasteiger partial charge in [-0.1, -0.05) is 59.3 Å². The summed E-state index contributed by atoms with van der Waals surface area (Å²) in [6.07, 6.45) is 0. The highest BCUT2D eigenvalue weighted by molar-refractivity contribution is 8.00. The molecule has 0 aliphatic carbocycles. The Morgan fingerprint density at radius 3 is 2.52 bits per heavy atom. The highest BCUT2D eigenvalue weighted by Gasteiger charge is 2.19. The van der Waals surface area contributed by atoms with Gasteiger partial charge >= 0.3 is 0 Å². The maximum Gasteiger partial charge on any atom is 0.233 e. The molecule has 1 N–H and O–H groups in total. The fourth-order valence-corrected chi connectivity index (χ4v) is 3.52. The van der Waals surface area contributed by atoms with Gasteiger partial charge in [-0.25, -0.2) is 0 Å². The standard InChI is InChI=1S/C20H23N5OS/c1-13-5-8-17(9-6-13)12-21-19(26)16(4)27-20-22-23-24-25(20)18-10-7-14(2)11-15(18)3/h5-11,16H,12H2,1-4H3,(H,21,26). The van der Waals surface area contributed by atoms with Gasteiger partial charge in [0.2, 0.25) is 11.1 Å². The molecule has 6 nitrogen and oxygen atoms in total. The number of aryl methyl sites for hydroxylation is 3. The topological polar surface area (TPSA) is 72.7 Å². The maximum atomic E-state index is 12.5. The van der Waals surface area contributed by atoms with E-state index in [2.05, 4.69) is 26.9 Å². The molecule has 7 heteroatoms. The van der Waals surface area contributed by atoms with E-state index in [4.69, 9.17) is 0 Å². The number of hydrogen-bond donors (Lipinski definition) is 1. The van der Waals surface area contributed by atoms with Crippen molar-refractivity contribution in [2.75, 3.05) is 0 Å². The number of carbonyl (C=O) groups excluding carboxylic acids is 1. The second-order valence-electron chi connectivity index (χ2n) is 6.63. The molecule has 140 valence electrons. The number of rotatable bonds is 6. The number of amides is 1. The van der Waals surface area contributed by atoms with Crippen molar-refractivity contribution in [3.05, 3.63) is 64.7 Å². The fraction of sp³-hybridized carbons (Fsp3) is 0.300. The van der Waals surface area contributed by atoms with Crippen LogP contribution >= 0.6 is 11.8 Å². The van der Waals surface area contributed by atoms with Gasteiger partial charge in [0.15, 0.2) is 0 Å². The predicted molar refractivity (Wildman–Crippen MR) is 107 cm³/mol. The van der Waals surface area contributed by atoms with E-state index in [9.17, 15) is 4.79 Å². The number of aromatic nitrogens is 4. The minimum absolute atomic E-state index is 0.0456. The van der Waals surface area contributed by atoms with Crippen molar-refractivity contribution < 1.29 is 4.79 Å². The lowest BCUT2D eigenvalue weighted by Crippen LogP contribution is -2.30. The molecule has 3 rings (SSSR count). The molecule has 1 aromatic heterocycles. The quantitative estimate of drug-likeness (QED) is 0.663. The highest BCUT2D eigenvalue weighted by Crippen LogP contribution is 2.24. The van der Waals surface area contributed by atoms with Crippen LogP contribution in [0.15, 0.2) is 47.6 Å². The van der Waals surface area contributed by atoms with Crippen molar-refractivity contribution >= 4 is 17.7 Å². The third-order valence-electron chi connectivity index (χ3n) is 4.26. The van der Waals surface area contributed by atoms with E-state index in [1.165, 1.54) is 22.9 Å². The average Bonchev–Trinajstić information content (AvgIpc) is 3.08. The van der Waals surface area contributed by atoms with Crippen LogP contribution < -0.4 is 5.32 Å². The lowest BCUT2D eigenvalue weighted by Gasteiger charge is -2.13. The third kappa shape index (κ3) is 4.74. The molecule has 0 fully saturated rings. The Morgan fingerprint density at radius 2 is 1.81 bits per heavy atom. The second-order valence-corrected chi connectivity index (χ2v) is 7.93. The van der Waals surface area contributed by atoms with E-state index < -0.39 is 0 Å². The van der Waals surface area contributed by atoms with Gasteiger partial charge in [-0.05, 0) is 55.3 Å². The van der Waals surface area contributed by atoms with E-state index in [1.807, 2.05) is 64.1 Å². The molecule has 3 aromatic rings. The van der Waals surface area contributed by atoms with Crippen molar-refractivity contribution in [1.82, 2.24) is 25.5 Å². The van der Waals surface area contributed by atoms with E-state index in [-0.39, 0.29) is 11.2 Å². The largest absolute Gasteiger partial charge is 0.351 e. The van der Waals surface area contributed by atoms with Crippen LogP contribution in [0.1, 0.15) is 29.2 Å². The monoisotopic (exact) mass is 381 g/mol. The van der Waals surface area contributed by atoms with Crippen LogP contribution in [0.5, 0.6) is 0 Å². The van der Waals surface area contributed by atoms with Gasteiger partial charge in [0.25, 0.3) is 0 Å². The van der Waals surface area contributed by atoms with E-state index in [0.29, 0.717) is 11.7 Å². The number of nitrogens with zero attached hydrogens (tertiary/aromatic N) is 4.